The molecular weight excluding hydrogens is 256 g/mol. The molecule has 1 rings (SSSR count). The molecule has 0 atom stereocenters. The zero-order valence-corrected chi connectivity index (χ0v) is 13.0. The molecule has 1 aromatic rings. The second-order valence-electron chi connectivity index (χ2n) is 4.67. The molecule has 0 radical (unpaired) electrons. The van der Waals surface area contributed by atoms with Crippen LogP contribution in [0.15, 0.2) is 12.1 Å². The van der Waals surface area contributed by atoms with Crippen LogP contribution in [0.4, 0.5) is 0 Å². The molecule has 0 aliphatic rings. The summed E-state index contributed by atoms with van der Waals surface area (Å²) in [5.74, 6) is 0. The summed E-state index contributed by atoms with van der Waals surface area (Å²) in [6, 6.07) is 5.33. The van der Waals surface area contributed by atoms with E-state index in [0.717, 1.165) is 17.4 Å². The van der Waals surface area contributed by atoms with E-state index in [1.165, 1.54) is 23.8 Å². The first-order valence-electron chi connectivity index (χ1n) is 5.91. The van der Waals surface area contributed by atoms with Gasteiger partial charge in [-0.25, -0.2) is 0 Å². The van der Waals surface area contributed by atoms with Gasteiger partial charge in [-0.2, -0.15) is 0 Å². The number of unbranched alkanes of at least 4 members (excludes halogenated alkanes) is 1. The summed E-state index contributed by atoms with van der Waals surface area (Å²) in [4.78, 5) is 1.32. The predicted molar refractivity (Wildman–Crippen MR) is 76.2 cm³/mol. The van der Waals surface area contributed by atoms with Crippen molar-refractivity contribution in [2.24, 2.45) is 0 Å². The highest BCUT2D eigenvalue weighted by Crippen LogP contribution is 2.22. The van der Waals surface area contributed by atoms with E-state index >= 15 is 0 Å². The maximum atomic E-state index is 6.05. The third-order valence-corrected chi connectivity index (χ3v) is 6.44. The lowest BCUT2D eigenvalue weighted by molar-refractivity contribution is 0.311. The van der Waals surface area contributed by atoms with Gasteiger partial charge in [0.25, 0.3) is 0 Å². The Morgan fingerprint density at radius 3 is 2.69 bits per heavy atom. The van der Waals surface area contributed by atoms with Crippen LogP contribution in [0.1, 0.15) is 24.6 Å². The lowest BCUT2D eigenvalue weighted by Gasteiger charge is -2.22. The summed E-state index contributed by atoms with van der Waals surface area (Å²) < 4.78 is 6.92. The molecule has 1 heterocycles. The monoisotopic (exact) mass is 276 g/mol. The highest BCUT2D eigenvalue weighted by molar-refractivity contribution is 7.16. The fourth-order valence-corrected chi connectivity index (χ4v) is 4.66. The Hall–Kier alpha value is 0.167. The molecule has 0 saturated carbocycles. The molecule has 0 unspecified atom stereocenters. The molecule has 4 heteroatoms. The van der Waals surface area contributed by atoms with Gasteiger partial charge in [0.05, 0.1) is 4.34 Å². The lowest BCUT2D eigenvalue weighted by atomic mass is 10.4. The number of hydrogen-bond acceptors (Lipinski definition) is 2. The van der Waals surface area contributed by atoms with Crippen molar-refractivity contribution in [3.05, 3.63) is 21.3 Å². The number of hydrogen-bond donors (Lipinski definition) is 0. The fourth-order valence-electron chi connectivity index (χ4n) is 1.59. The first-order chi connectivity index (χ1) is 7.53. The molecule has 0 bridgehead atoms. The molecule has 0 saturated heterocycles. The molecule has 92 valence electrons. The van der Waals surface area contributed by atoms with Crippen molar-refractivity contribution < 1.29 is 4.43 Å². The van der Waals surface area contributed by atoms with Gasteiger partial charge in [0.15, 0.2) is 8.32 Å². The molecule has 1 aromatic heterocycles. The molecule has 0 amide bonds. The average molecular weight is 277 g/mol. The van der Waals surface area contributed by atoms with Crippen LogP contribution in [0.25, 0.3) is 0 Å². The average Bonchev–Trinajstić information content (AvgIpc) is 2.61. The molecule has 16 heavy (non-hydrogen) atoms. The Kier molecular flexibility index (Phi) is 6.04. The van der Waals surface area contributed by atoms with Gasteiger partial charge >= 0.3 is 0 Å². The van der Waals surface area contributed by atoms with E-state index in [9.17, 15) is 0 Å². The van der Waals surface area contributed by atoms with Crippen LogP contribution in [0.5, 0.6) is 0 Å². The van der Waals surface area contributed by atoms with E-state index in [4.69, 9.17) is 16.0 Å². The van der Waals surface area contributed by atoms with E-state index in [1.54, 1.807) is 11.3 Å². The third-order valence-electron chi connectivity index (χ3n) is 2.60. The van der Waals surface area contributed by atoms with Gasteiger partial charge in [-0.1, -0.05) is 31.4 Å². The number of halogens is 1. The summed E-state index contributed by atoms with van der Waals surface area (Å²) >= 11 is 7.54. The highest BCUT2D eigenvalue weighted by Gasteiger charge is 2.21. The Morgan fingerprint density at radius 2 is 2.12 bits per heavy atom. The molecule has 0 N–H and O–H groups in total. The zero-order chi connectivity index (χ0) is 12.0. The highest BCUT2D eigenvalue weighted by atomic mass is 35.5. The standard InChI is InChI=1S/C12H21ClOSSi/c1-4-5-10-16(2,3)14-9-8-11-6-7-12(13)15-11/h6-7H,4-5,8-10H2,1-3H3. The van der Waals surface area contributed by atoms with Crippen molar-refractivity contribution in [2.45, 2.75) is 45.3 Å². The van der Waals surface area contributed by atoms with Crippen LogP contribution in [-0.2, 0) is 10.8 Å². The maximum absolute atomic E-state index is 6.05. The van der Waals surface area contributed by atoms with E-state index in [2.05, 4.69) is 26.1 Å². The summed E-state index contributed by atoms with van der Waals surface area (Å²) in [5.41, 5.74) is 0. The van der Waals surface area contributed by atoms with Crippen molar-refractivity contribution in [3.63, 3.8) is 0 Å². The SMILES string of the molecule is CCCC[Si](C)(C)OCCc1ccc(Cl)s1. The van der Waals surface area contributed by atoms with E-state index in [1.807, 2.05) is 6.07 Å². The van der Waals surface area contributed by atoms with Crippen LogP contribution in [0.3, 0.4) is 0 Å². The molecule has 0 aliphatic heterocycles. The molecule has 0 fully saturated rings. The van der Waals surface area contributed by atoms with Crippen LogP contribution in [-0.4, -0.2) is 14.9 Å². The van der Waals surface area contributed by atoms with Crippen molar-refractivity contribution in [2.75, 3.05) is 6.61 Å². The normalized spacial score (nSPS) is 12.0. The van der Waals surface area contributed by atoms with Gasteiger partial charge in [-0.15, -0.1) is 11.3 Å². The Bertz CT molecular complexity index is 312. The van der Waals surface area contributed by atoms with Gasteiger partial charge in [-0.3, -0.25) is 0 Å². The van der Waals surface area contributed by atoms with Gasteiger partial charge < -0.3 is 4.43 Å². The maximum Gasteiger partial charge on any atom is 0.186 e. The first kappa shape index (κ1) is 14.2. The predicted octanol–water partition coefficient (Wildman–Crippen LogP) is 4.97. The van der Waals surface area contributed by atoms with Crippen molar-refractivity contribution >= 4 is 31.3 Å². The summed E-state index contributed by atoms with van der Waals surface area (Å²) in [7, 11) is -1.40. The summed E-state index contributed by atoms with van der Waals surface area (Å²) in [6.07, 6.45) is 3.56. The van der Waals surface area contributed by atoms with Gasteiger partial charge in [0.2, 0.25) is 0 Å². The fraction of sp³-hybridized carbons (Fsp3) is 0.667. The molecule has 0 aliphatic carbocycles. The first-order valence-corrected chi connectivity index (χ1v) is 10.2. The second kappa shape index (κ2) is 6.79. The summed E-state index contributed by atoms with van der Waals surface area (Å²) in [5, 5.41) is 0. The van der Waals surface area contributed by atoms with Gasteiger partial charge in [0.1, 0.15) is 0 Å². The minimum atomic E-state index is -1.40. The molecule has 0 aromatic carbocycles. The van der Waals surface area contributed by atoms with Crippen molar-refractivity contribution in [1.82, 2.24) is 0 Å². The van der Waals surface area contributed by atoms with Crippen LogP contribution < -0.4 is 0 Å². The largest absolute Gasteiger partial charge is 0.417 e. The lowest BCUT2D eigenvalue weighted by Crippen LogP contribution is -2.30. The van der Waals surface area contributed by atoms with Crippen LogP contribution in [0.2, 0.25) is 23.5 Å². The minimum Gasteiger partial charge on any atom is -0.417 e. The van der Waals surface area contributed by atoms with Crippen molar-refractivity contribution in [3.8, 4) is 0 Å². The third kappa shape index (κ3) is 5.48. The zero-order valence-electron chi connectivity index (χ0n) is 10.4. The quantitative estimate of drug-likeness (QED) is 0.639. The Labute approximate surface area is 109 Å². The van der Waals surface area contributed by atoms with Crippen LogP contribution in [0, 0.1) is 0 Å². The van der Waals surface area contributed by atoms with Crippen molar-refractivity contribution in [1.29, 1.82) is 0 Å². The van der Waals surface area contributed by atoms with Gasteiger partial charge in [-0.05, 0) is 31.3 Å². The molecule has 0 spiro atoms. The minimum absolute atomic E-state index is 0.847. The summed E-state index contributed by atoms with van der Waals surface area (Å²) in [6.45, 7) is 7.70. The number of rotatable bonds is 7. The number of thiophene rings is 1. The molecule has 1 nitrogen and oxygen atoms in total. The Morgan fingerprint density at radius 1 is 1.38 bits per heavy atom. The smallest absolute Gasteiger partial charge is 0.186 e. The second-order valence-corrected chi connectivity index (χ2v) is 10.8. The molecular formula is C12H21ClOSSi. The van der Waals surface area contributed by atoms with E-state index < -0.39 is 8.32 Å². The van der Waals surface area contributed by atoms with Crippen LogP contribution >= 0.6 is 22.9 Å². The van der Waals surface area contributed by atoms with E-state index in [0.29, 0.717) is 0 Å². The van der Waals surface area contributed by atoms with E-state index in [-0.39, 0.29) is 0 Å². The topological polar surface area (TPSA) is 9.23 Å². The Balaban J connectivity index is 2.24. The van der Waals surface area contributed by atoms with Gasteiger partial charge in [0, 0.05) is 17.9 Å².